The van der Waals surface area contributed by atoms with Gasteiger partial charge in [-0.15, -0.1) is 0 Å². The van der Waals surface area contributed by atoms with Crippen LogP contribution >= 0.6 is 23.4 Å². The molecule has 5 heteroatoms. The molecule has 0 saturated carbocycles. The average molecular weight is 263 g/mol. The second-order valence-electron chi connectivity index (χ2n) is 3.58. The molecule has 0 spiro atoms. The number of hydrogen-bond donors (Lipinski definition) is 2. The molecule has 0 fully saturated rings. The van der Waals surface area contributed by atoms with E-state index in [1.54, 1.807) is 23.9 Å². The highest BCUT2D eigenvalue weighted by Gasteiger charge is 2.10. The molecule has 90 valence electrons. The molecule has 0 aliphatic carbocycles. The molecule has 1 aromatic rings. The zero-order valence-corrected chi connectivity index (χ0v) is 10.7. The lowest BCUT2D eigenvalue weighted by Crippen LogP contribution is -2.37. The third-order valence-electron chi connectivity index (χ3n) is 2.39. The summed E-state index contributed by atoms with van der Waals surface area (Å²) >= 11 is 7.44. The summed E-state index contributed by atoms with van der Waals surface area (Å²) in [5.41, 5.74) is 3.36. The first-order valence-corrected chi connectivity index (χ1v) is 6.83. The first-order chi connectivity index (χ1) is 7.67. The van der Waals surface area contributed by atoms with Crippen molar-refractivity contribution in [1.29, 1.82) is 0 Å². The van der Waals surface area contributed by atoms with Crippen molar-refractivity contribution in [3.63, 3.8) is 0 Å². The summed E-state index contributed by atoms with van der Waals surface area (Å²) in [6, 6.07) is 4.84. The van der Waals surface area contributed by atoms with Crippen LogP contribution in [0, 0.1) is 5.82 Å². The van der Waals surface area contributed by atoms with Gasteiger partial charge in [-0.3, -0.25) is 11.3 Å². The van der Waals surface area contributed by atoms with E-state index in [1.165, 1.54) is 6.07 Å². The van der Waals surface area contributed by atoms with Gasteiger partial charge < -0.3 is 0 Å². The molecule has 3 N–H and O–H groups in total. The number of nitrogens with one attached hydrogen (secondary N) is 1. The van der Waals surface area contributed by atoms with Crippen molar-refractivity contribution in [2.45, 2.75) is 18.9 Å². The maximum absolute atomic E-state index is 13.5. The van der Waals surface area contributed by atoms with Crippen LogP contribution in [0.25, 0.3) is 0 Å². The van der Waals surface area contributed by atoms with E-state index in [0.717, 1.165) is 12.2 Å². The minimum Gasteiger partial charge on any atom is -0.271 e. The number of hydrogen-bond acceptors (Lipinski definition) is 3. The predicted molar refractivity (Wildman–Crippen MR) is 69.2 cm³/mol. The van der Waals surface area contributed by atoms with Gasteiger partial charge in [-0.25, -0.2) is 4.39 Å². The Hall–Kier alpha value is -0.290. The lowest BCUT2D eigenvalue weighted by atomic mass is 10.0. The van der Waals surface area contributed by atoms with Crippen LogP contribution in [0.3, 0.4) is 0 Å². The number of rotatable bonds is 6. The van der Waals surface area contributed by atoms with Gasteiger partial charge in [0, 0.05) is 11.1 Å². The molecule has 16 heavy (non-hydrogen) atoms. The van der Waals surface area contributed by atoms with Gasteiger partial charge >= 0.3 is 0 Å². The highest BCUT2D eigenvalue weighted by Crippen LogP contribution is 2.17. The quantitative estimate of drug-likeness (QED) is 0.611. The zero-order chi connectivity index (χ0) is 12.0. The molecule has 0 aliphatic heterocycles. The largest absolute Gasteiger partial charge is 0.271 e. The van der Waals surface area contributed by atoms with Crippen LogP contribution in [0.15, 0.2) is 18.2 Å². The monoisotopic (exact) mass is 262 g/mol. The number of thioether (sulfide) groups is 1. The fourth-order valence-corrected chi connectivity index (χ4v) is 2.14. The fourth-order valence-electron chi connectivity index (χ4n) is 1.46. The molecule has 0 aromatic heterocycles. The number of hydrazine groups is 1. The first-order valence-electron chi connectivity index (χ1n) is 5.06. The van der Waals surface area contributed by atoms with Gasteiger partial charge in [-0.05, 0) is 42.5 Å². The van der Waals surface area contributed by atoms with Crippen LogP contribution in [0.1, 0.15) is 12.0 Å². The Kier molecular flexibility index (Phi) is 6.13. The summed E-state index contributed by atoms with van der Waals surface area (Å²) < 4.78 is 13.5. The summed E-state index contributed by atoms with van der Waals surface area (Å²) in [5.74, 6) is 6.17. The molecule has 0 amide bonds. The van der Waals surface area contributed by atoms with E-state index in [4.69, 9.17) is 17.4 Å². The molecule has 1 aromatic carbocycles. The van der Waals surface area contributed by atoms with Gasteiger partial charge in [0.1, 0.15) is 5.82 Å². The summed E-state index contributed by atoms with van der Waals surface area (Å²) in [6.07, 6.45) is 3.54. The molecule has 0 saturated heterocycles. The van der Waals surface area contributed by atoms with Crippen molar-refractivity contribution in [3.8, 4) is 0 Å². The highest BCUT2D eigenvalue weighted by molar-refractivity contribution is 7.98. The SMILES string of the molecule is CSCCC(Cc1ccc(Cl)cc1F)NN. The van der Waals surface area contributed by atoms with Crippen LogP contribution in [-0.2, 0) is 6.42 Å². The third kappa shape index (κ3) is 4.29. The molecule has 2 nitrogen and oxygen atoms in total. The summed E-state index contributed by atoms with van der Waals surface area (Å²) in [5, 5.41) is 0.419. The lowest BCUT2D eigenvalue weighted by molar-refractivity contribution is 0.500. The topological polar surface area (TPSA) is 38.0 Å². The molecular formula is C11H16ClFN2S. The van der Waals surface area contributed by atoms with Crippen molar-refractivity contribution in [3.05, 3.63) is 34.6 Å². The van der Waals surface area contributed by atoms with Crippen LogP contribution in [-0.4, -0.2) is 18.1 Å². The average Bonchev–Trinajstić information content (AvgIpc) is 2.27. The highest BCUT2D eigenvalue weighted by atomic mass is 35.5. The molecule has 0 aliphatic rings. The van der Waals surface area contributed by atoms with Crippen molar-refractivity contribution in [2.75, 3.05) is 12.0 Å². The lowest BCUT2D eigenvalue weighted by Gasteiger charge is -2.15. The van der Waals surface area contributed by atoms with Crippen LogP contribution in [0.5, 0.6) is 0 Å². The van der Waals surface area contributed by atoms with Gasteiger partial charge in [0.2, 0.25) is 0 Å². The second kappa shape index (κ2) is 7.12. The molecule has 1 atom stereocenters. The van der Waals surface area contributed by atoms with Crippen LogP contribution in [0.4, 0.5) is 4.39 Å². The van der Waals surface area contributed by atoms with Gasteiger partial charge in [-0.1, -0.05) is 17.7 Å². The Bertz CT molecular complexity index is 336. The number of nitrogens with two attached hydrogens (primary N) is 1. The Morgan fingerprint density at radius 1 is 1.56 bits per heavy atom. The predicted octanol–water partition coefficient (Wildman–Crippen LogP) is 2.61. The van der Waals surface area contributed by atoms with Gasteiger partial charge in [0.15, 0.2) is 0 Å². The maximum Gasteiger partial charge on any atom is 0.127 e. The van der Waals surface area contributed by atoms with E-state index < -0.39 is 0 Å². The number of benzene rings is 1. The van der Waals surface area contributed by atoms with E-state index in [9.17, 15) is 4.39 Å². The van der Waals surface area contributed by atoms with E-state index in [2.05, 4.69) is 5.43 Å². The molecule has 0 bridgehead atoms. The van der Waals surface area contributed by atoms with E-state index in [-0.39, 0.29) is 11.9 Å². The summed E-state index contributed by atoms with van der Waals surface area (Å²) in [6.45, 7) is 0. The Morgan fingerprint density at radius 2 is 2.31 bits per heavy atom. The third-order valence-corrected chi connectivity index (χ3v) is 3.27. The molecule has 0 radical (unpaired) electrons. The molecular weight excluding hydrogens is 247 g/mol. The fraction of sp³-hybridized carbons (Fsp3) is 0.455. The Labute approximate surface area is 105 Å². The van der Waals surface area contributed by atoms with E-state index >= 15 is 0 Å². The van der Waals surface area contributed by atoms with Gasteiger partial charge in [0.25, 0.3) is 0 Å². The van der Waals surface area contributed by atoms with Crippen molar-refractivity contribution >= 4 is 23.4 Å². The summed E-state index contributed by atoms with van der Waals surface area (Å²) in [7, 11) is 0. The van der Waals surface area contributed by atoms with E-state index in [0.29, 0.717) is 17.0 Å². The minimum atomic E-state index is -0.267. The van der Waals surface area contributed by atoms with Crippen molar-refractivity contribution in [2.24, 2.45) is 5.84 Å². The first kappa shape index (κ1) is 13.8. The summed E-state index contributed by atoms with van der Waals surface area (Å²) in [4.78, 5) is 0. The molecule has 1 unspecified atom stereocenters. The van der Waals surface area contributed by atoms with Gasteiger partial charge in [0.05, 0.1) is 0 Å². The molecule has 0 heterocycles. The normalized spacial score (nSPS) is 12.8. The second-order valence-corrected chi connectivity index (χ2v) is 5.01. The Morgan fingerprint density at radius 3 is 2.88 bits per heavy atom. The molecule has 1 rings (SSSR count). The number of halogens is 2. The van der Waals surface area contributed by atoms with Crippen LogP contribution < -0.4 is 11.3 Å². The zero-order valence-electron chi connectivity index (χ0n) is 9.17. The van der Waals surface area contributed by atoms with Gasteiger partial charge in [-0.2, -0.15) is 11.8 Å². The van der Waals surface area contributed by atoms with E-state index in [1.807, 2.05) is 6.26 Å². The van der Waals surface area contributed by atoms with Crippen molar-refractivity contribution in [1.82, 2.24) is 5.43 Å². The standard InChI is InChI=1S/C11H16ClFN2S/c1-16-5-4-10(15-14)6-8-2-3-9(12)7-11(8)13/h2-3,7,10,15H,4-6,14H2,1H3. The minimum absolute atomic E-state index is 0.100. The smallest absolute Gasteiger partial charge is 0.127 e. The maximum atomic E-state index is 13.5. The van der Waals surface area contributed by atoms with Crippen LogP contribution in [0.2, 0.25) is 5.02 Å². The van der Waals surface area contributed by atoms with Crippen molar-refractivity contribution < 1.29 is 4.39 Å². The Balaban J connectivity index is 2.62.